The van der Waals surface area contributed by atoms with Gasteiger partial charge in [-0.1, -0.05) is 0 Å². The largest absolute Gasteiger partial charge is 0.391 e. The van der Waals surface area contributed by atoms with Gasteiger partial charge in [-0.2, -0.15) is 11.8 Å². The molecule has 82 valence electrons. The van der Waals surface area contributed by atoms with Gasteiger partial charge in [0.1, 0.15) is 5.69 Å². The third kappa shape index (κ3) is 2.09. The van der Waals surface area contributed by atoms with Gasteiger partial charge < -0.3 is 16.0 Å². The number of nitrogen functional groups attached to an aromatic ring is 1. The number of hydrogen-bond acceptors (Lipinski definition) is 5. The van der Waals surface area contributed by atoms with Crippen LogP contribution in [0.2, 0.25) is 0 Å². The number of anilines is 2. The Kier molecular flexibility index (Phi) is 2.60. The van der Waals surface area contributed by atoms with Crippen LogP contribution >= 0.6 is 11.8 Å². The summed E-state index contributed by atoms with van der Waals surface area (Å²) in [7, 11) is 0. The van der Waals surface area contributed by atoms with Crippen LogP contribution < -0.4 is 16.6 Å². The third-order valence-electron chi connectivity index (χ3n) is 2.71. The normalized spacial score (nSPS) is 17.4. The Morgan fingerprint density at radius 3 is 3.07 bits per heavy atom. The highest BCUT2D eigenvalue weighted by Crippen LogP contribution is 2.47. The van der Waals surface area contributed by atoms with Crippen molar-refractivity contribution in [1.82, 2.24) is 9.97 Å². The maximum absolute atomic E-state index is 11.2. The van der Waals surface area contributed by atoms with Crippen molar-refractivity contribution in [3.8, 4) is 0 Å². The fourth-order valence-corrected chi connectivity index (χ4v) is 2.12. The summed E-state index contributed by atoms with van der Waals surface area (Å²) >= 11 is 1.85. The number of aromatic amines is 1. The lowest BCUT2D eigenvalue weighted by molar-refractivity contribution is 0.936. The Morgan fingerprint density at radius 1 is 1.73 bits per heavy atom. The molecule has 0 radical (unpaired) electrons. The van der Waals surface area contributed by atoms with Crippen LogP contribution in [0.5, 0.6) is 0 Å². The molecule has 6 heteroatoms. The van der Waals surface area contributed by atoms with Crippen molar-refractivity contribution in [1.29, 1.82) is 0 Å². The highest BCUT2D eigenvalue weighted by Gasteiger charge is 2.41. The van der Waals surface area contributed by atoms with E-state index >= 15 is 0 Å². The zero-order valence-electron chi connectivity index (χ0n) is 8.54. The molecule has 2 rings (SSSR count). The first-order chi connectivity index (χ1) is 7.17. The zero-order chi connectivity index (χ0) is 10.9. The van der Waals surface area contributed by atoms with E-state index in [4.69, 9.17) is 5.73 Å². The monoisotopic (exact) mass is 226 g/mol. The van der Waals surface area contributed by atoms with E-state index in [2.05, 4.69) is 21.5 Å². The molecular weight excluding hydrogens is 212 g/mol. The average Bonchev–Trinajstić information content (AvgIpc) is 3.01. The smallest absolute Gasteiger partial charge is 0.276 e. The van der Waals surface area contributed by atoms with Gasteiger partial charge in [0, 0.05) is 11.3 Å². The van der Waals surface area contributed by atoms with Gasteiger partial charge in [0.2, 0.25) is 0 Å². The van der Waals surface area contributed by atoms with Crippen LogP contribution in [0, 0.1) is 0 Å². The Hall–Kier alpha value is -1.17. The summed E-state index contributed by atoms with van der Waals surface area (Å²) in [4.78, 5) is 17.6. The first-order valence-corrected chi connectivity index (χ1v) is 6.01. The number of nitrogens with zero attached hydrogens (tertiary/aromatic N) is 1. The van der Waals surface area contributed by atoms with Crippen LogP contribution in [-0.4, -0.2) is 27.5 Å². The Morgan fingerprint density at radius 2 is 2.47 bits per heavy atom. The predicted octanol–water partition coefficient (Wildman–Crippen LogP) is 0.660. The molecule has 0 aliphatic heterocycles. The molecule has 0 bridgehead atoms. The fourth-order valence-electron chi connectivity index (χ4n) is 1.39. The Balaban J connectivity index is 2.05. The first kappa shape index (κ1) is 10.4. The molecule has 0 saturated heterocycles. The third-order valence-corrected chi connectivity index (χ3v) is 4.13. The molecular formula is C9H14N4OS. The summed E-state index contributed by atoms with van der Waals surface area (Å²) in [5, 5.41) is 3.13. The molecule has 1 heterocycles. The van der Waals surface area contributed by atoms with E-state index in [0.717, 1.165) is 6.54 Å². The number of hydrogen-bond donors (Lipinski definition) is 3. The van der Waals surface area contributed by atoms with E-state index in [-0.39, 0.29) is 11.2 Å². The van der Waals surface area contributed by atoms with Crippen LogP contribution in [0.1, 0.15) is 12.8 Å². The van der Waals surface area contributed by atoms with Gasteiger partial charge in [0.15, 0.2) is 5.82 Å². The number of aromatic nitrogens is 2. The van der Waals surface area contributed by atoms with Crippen molar-refractivity contribution < 1.29 is 0 Å². The molecule has 0 atom stereocenters. The SMILES string of the molecule is CSC1(CNc2nc[nH]c(=O)c2N)CC1. The lowest BCUT2D eigenvalue weighted by atomic mass is 10.4. The van der Waals surface area contributed by atoms with Crippen molar-refractivity contribution >= 4 is 23.3 Å². The van der Waals surface area contributed by atoms with E-state index in [9.17, 15) is 4.79 Å². The molecule has 0 amide bonds. The second-order valence-electron chi connectivity index (χ2n) is 3.73. The molecule has 1 saturated carbocycles. The van der Waals surface area contributed by atoms with Crippen LogP contribution in [0.25, 0.3) is 0 Å². The molecule has 4 N–H and O–H groups in total. The standard InChI is InChI=1S/C9H14N4OS/c1-15-9(2-3-9)4-11-7-6(10)8(14)13-5-12-7/h5H,2-4,10H2,1H3,(H2,11,12,13,14). The topological polar surface area (TPSA) is 83.8 Å². The number of rotatable bonds is 4. The molecule has 15 heavy (non-hydrogen) atoms. The summed E-state index contributed by atoms with van der Waals surface area (Å²) in [5.74, 6) is 0.485. The molecule has 1 aliphatic carbocycles. The fraction of sp³-hybridized carbons (Fsp3) is 0.556. The van der Waals surface area contributed by atoms with Gasteiger partial charge in [-0.15, -0.1) is 0 Å². The minimum absolute atomic E-state index is 0.161. The summed E-state index contributed by atoms with van der Waals surface area (Å²) in [6, 6.07) is 0. The summed E-state index contributed by atoms with van der Waals surface area (Å²) in [5.41, 5.74) is 5.47. The molecule has 1 fully saturated rings. The predicted molar refractivity (Wildman–Crippen MR) is 63.2 cm³/mol. The average molecular weight is 226 g/mol. The van der Waals surface area contributed by atoms with E-state index < -0.39 is 0 Å². The molecule has 1 aromatic heterocycles. The minimum Gasteiger partial charge on any atom is -0.391 e. The number of nitrogens with two attached hydrogens (primary N) is 1. The summed E-state index contributed by atoms with van der Waals surface area (Å²) < 4.78 is 0.330. The Labute approximate surface area is 91.9 Å². The maximum atomic E-state index is 11.2. The molecule has 0 unspecified atom stereocenters. The highest BCUT2D eigenvalue weighted by molar-refractivity contribution is 8.00. The number of thioether (sulfide) groups is 1. The second-order valence-corrected chi connectivity index (χ2v) is 5.01. The lowest BCUT2D eigenvalue weighted by Crippen LogP contribution is -2.22. The van der Waals surface area contributed by atoms with Crippen LogP contribution in [0.4, 0.5) is 11.5 Å². The second kappa shape index (κ2) is 3.77. The van der Waals surface area contributed by atoms with Gasteiger partial charge in [-0.25, -0.2) is 4.98 Å². The quantitative estimate of drug-likeness (QED) is 0.702. The summed E-state index contributed by atoms with van der Waals surface area (Å²) in [6.07, 6.45) is 5.89. The number of H-pyrrole nitrogens is 1. The van der Waals surface area contributed by atoms with Crippen molar-refractivity contribution in [2.45, 2.75) is 17.6 Å². The van der Waals surface area contributed by atoms with Crippen molar-refractivity contribution in [2.24, 2.45) is 0 Å². The minimum atomic E-state index is -0.290. The van der Waals surface area contributed by atoms with Gasteiger partial charge in [0.25, 0.3) is 5.56 Å². The van der Waals surface area contributed by atoms with E-state index in [1.54, 1.807) is 0 Å². The van der Waals surface area contributed by atoms with E-state index in [1.807, 2.05) is 11.8 Å². The molecule has 0 spiro atoms. The van der Waals surface area contributed by atoms with Gasteiger partial charge in [-0.3, -0.25) is 4.79 Å². The van der Waals surface area contributed by atoms with Gasteiger partial charge in [0.05, 0.1) is 6.33 Å². The highest BCUT2D eigenvalue weighted by atomic mass is 32.2. The van der Waals surface area contributed by atoms with Crippen molar-refractivity contribution in [2.75, 3.05) is 23.9 Å². The van der Waals surface area contributed by atoms with E-state index in [1.165, 1.54) is 19.2 Å². The Bertz CT molecular complexity index is 413. The van der Waals surface area contributed by atoms with Crippen molar-refractivity contribution in [3.05, 3.63) is 16.7 Å². The van der Waals surface area contributed by atoms with Crippen LogP contribution in [-0.2, 0) is 0 Å². The summed E-state index contributed by atoms with van der Waals surface area (Å²) in [6.45, 7) is 0.814. The first-order valence-electron chi connectivity index (χ1n) is 4.79. The van der Waals surface area contributed by atoms with Crippen molar-refractivity contribution in [3.63, 3.8) is 0 Å². The van der Waals surface area contributed by atoms with E-state index in [0.29, 0.717) is 10.6 Å². The number of nitrogens with one attached hydrogen (secondary N) is 2. The lowest BCUT2D eigenvalue weighted by Gasteiger charge is -2.13. The van der Waals surface area contributed by atoms with Crippen LogP contribution in [0.3, 0.4) is 0 Å². The maximum Gasteiger partial charge on any atom is 0.276 e. The zero-order valence-corrected chi connectivity index (χ0v) is 9.36. The molecule has 5 nitrogen and oxygen atoms in total. The molecule has 1 aliphatic rings. The molecule has 0 aromatic carbocycles. The van der Waals surface area contributed by atoms with Gasteiger partial charge >= 0.3 is 0 Å². The molecule has 1 aromatic rings. The van der Waals surface area contributed by atoms with Gasteiger partial charge in [-0.05, 0) is 19.1 Å². The van der Waals surface area contributed by atoms with Crippen LogP contribution in [0.15, 0.2) is 11.1 Å².